The Balaban J connectivity index is 0.000000213. The van der Waals surface area contributed by atoms with Gasteiger partial charge in [-0.05, 0) is 33.9 Å². The fraction of sp³-hybridized carbons (Fsp3) is 0.171. The van der Waals surface area contributed by atoms with E-state index in [9.17, 15) is 0 Å². The van der Waals surface area contributed by atoms with Gasteiger partial charge in [0.1, 0.15) is 0 Å². The Labute approximate surface area is 296 Å². The normalized spacial score (nSPS) is 10.4. The van der Waals surface area contributed by atoms with Crippen molar-refractivity contribution >= 4 is 37.8 Å². The molecule has 0 saturated heterocycles. The summed E-state index contributed by atoms with van der Waals surface area (Å²) < 4.78 is 0. The van der Waals surface area contributed by atoms with E-state index in [4.69, 9.17) is 0 Å². The Morgan fingerprint density at radius 1 is 0.600 bits per heavy atom. The molecule has 0 nitrogen and oxygen atoms in total. The Morgan fingerprint density at radius 3 is 1.93 bits per heavy atom. The topological polar surface area (TPSA) is 0 Å². The summed E-state index contributed by atoms with van der Waals surface area (Å²) in [7, 11) is 0. The predicted molar refractivity (Wildman–Crippen MR) is 189 cm³/mol. The summed E-state index contributed by atoms with van der Waals surface area (Å²) >= 11 is 1.74. The molecule has 0 bridgehead atoms. The first-order chi connectivity index (χ1) is 20.7. The van der Waals surface area contributed by atoms with Gasteiger partial charge in [0.25, 0.3) is 0 Å². The van der Waals surface area contributed by atoms with Crippen molar-refractivity contribution in [2.75, 3.05) is 0 Å². The first-order valence-electron chi connectivity index (χ1n) is 15.1. The number of rotatable bonds is 3. The third-order valence-corrected chi connectivity index (χ3v) is 7.83. The van der Waals surface area contributed by atoms with Gasteiger partial charge in [0.2, 0.25) is 0 Å². The minimum atomic E-state index is 0. The van der Waals surface area contributed by atoms with Crippen molar-refractivity contribution in [1.29, 1.82) is 0 Å². The molecular formula is C41H40Cl2SiZr-2. The minimum Gasteiger partial charge on any atom is -1.00 e. The second-order valence-corrected chi connectivity index (χ2v) is 21.3. The summed E-state index contributed by atoms with van der Waals surface area (Å²) in [6, 6.07) is 46.2. The van der Waals surface area contributed by atoms with Crippen LogP contribution >= 0.6 is 0 Å². The van der Waals surface area contributed by atoms with Crippen molar-refractivity contribution in [2.24, 2.45) is 0 Å². The van der Waals surface area contributed by atoms with Crippen LogP contribution in [0.3, 0.4) is 0 Å². The van der Waals surface area contributed by atoms with Crippen LogP contribution in [0.2, 0.25) is 13.1 Å². The van der Waals surface area contributed by atoms with Crippen molar-refractivity contribution in [1.82, 2.24) is 0 Å². The van der Waals surface area contributed by atoms with Gasteiger partial charge in [-0.15, -0.1) is 68.6 Å². The van der Waals surface area contributed by atoms with Gasteiger partial charge in [0.05, 0.1) is 0 Å². The van der Waals surface area contributed by atoms with Gasteiger partial charge >= 0.3 is 41.9 Å². The van der Waals surface area contributed by atoms with Crippen molar-refractivity contribution in [3.63, 3.8) is 0 Å². The molecule has 7 aromatic rings. The number of fused-ring (bicyclic) bond motifs is 3. The standard InChI is InChI=1S/C21H17.C18H17.C2H6Si.2ClH.Zr/c1-14-11-20-15(2)7-10-19(21(20)12-14)18-9-8-16-5-3-4-6-17(16)13-18;1-13(2)16-11-15-9-6-10-17(18(15)12-16)14-7-4-3-5-8-14;1-3-2;;;/h3-13H,1-2H3;3-13H,1-2H3;1-2H3;2*1H;/q2*-1;;;;+2/p-2. The Bertz CT molecular complexity index is 2010. The zero-order chi connectivity index (χ0) is 30.5. The molecule has 0 spiro atoms. The molecule has 0 aliphatic carbocycles. The summed E-state index contributed by atoms with van der Waals surface area (Å²) in [6.07, 6.45) is 0. The van der Waals surface area contributed by atoms with Crippen LogP contribution in [-0.4, -0.2) is 5.43 Å². The third-order valence-electron chi connectivity index (χ3n) is 7.83. The molecule has 0 aromatic heterocycles. The molecule has 0 fully saturated rings. The average Bonchev–Trinajstić information content (AvgIpc) is 3.62. The van der Waals surface area contributed by atoms with Gasteiger partial charge in [-0.3, -0.25) is 0 Å². The van der Waals surface area contributed by atoms with Crippen LogP contribution in [-0.2, 0) is 23.3 Å². The second-order valence-electron chi connectivity index (χ2n) is 12.0. The van der Waals surface area contributed by atoms with Crippen LogP contribution < -0.4 is 24.8 Å². The van der Waals surface area contributed by atoms with E-state index in [-0.39, 0.29) is 30.2 Å². The third kappa shape index (κ3) is 8.96. The Morgan fingerprint density at radius 2 is 1.24 bits per heavy atom. The summed E-state index contributed by atoms with van der Waals surface area (Å²) in [5, 5.41) is 8.05. The van der Waals surface area contributed by atoms with Crippen LogP contribution in [0.1, 0.15) is 36.5 Å². The molecule has 7 aromatic carbocycles. The van der Waals surface area contributed by atoms with Gasteiger partial charge in [0, 0.05) is 0 Å². The van der Waals surface area contributed by atoms with Crippen LogP contribution in [0.15, 0.2) is 127 Å². The Hall–Kier alpha value is -2.74. The monoisotopic (exact) mass is 720 g/mol. The molecule has 0 aliphatic rings. The molecule has 0 amide bonds. The number of hydrogen-bond acceptors (Lipinski definition) is 0. The molecule has 0 unspecified atom stereocenters. The SMILES string of the molecule is CC(C)c1cc2c(-c3ccccc3)cccc2[cH-]1.C[Si](C)=[Zr+2].Cc1cc2c(-c3ccc4ccccc4c3)ccc(C)c2[cH-]1.[Cl-].[Cl-]. The largest absolute Gasteiger partial charge is 1.00 e. The summed E-state index contributed by atoms with van der Waals surface area (Å²) in [6.45, 7) is 13.5. The van der Waals surface area contributed by atoms with Crippen LogP contribution in [0, 0.1) is 13.8 Å². The fourth-order valence-electron chi connectivity index (χ4n) is 5.66. The van der Waals surface area contributed by atoms with E-state index in [1.807, 2.05) is 0 Å². The molecule has 0 atom stereocenters. The van der Waals surface area contributed by atoms with Crippen molar-refractivity contribution in [2.45, 2.75) is 46.7 Å². The van der Waals surface area contributed by atoms with Gasteiger partial charge < -0.3 is 24.8 Å². The van der Waals surface area contributed by atoms with Gasteiger partial charge in [-0.1, -0.05) is 118 Å². The molecule has 4 heteroatoms. The number of aryl methyl sites for hydroxylation is 2. The number of hydrogen-bond donors (Lipinski definition) is 0. The molecule has 7 rings (SSSR count). The molecule has 0 N–H and O–H groups in total. The van der Waals surface area contributed by atoms with Gasteiger partial charge in [0.15, 0.2) is 0 Å². The maximum atomic E-state index is 2.34. The molecule has 0 aliphatic heterocycles. The quantitative estimate of drug-likeness (QED) is 0.152. The minimum absolute atomic E-state index is 0. The first-order valence-corrected chi connectivity index (χ1v) is 21.3. The van der Waals surface area contributed by atoms with E-state index in [1.54, 1.807) is 23.3 Å². The van der Waals surface area contributed by atoms with E-state index >= 15 is 0 Å². The van der Waals surface area contributed by atoms with Crippen molar-refractivity contribution in [3.8, 4) is 22.3 Å². The van der Waals surface area contributed by atoms with E-state index in [2.05, 4.69) is 168 Å². The summed E-state index contributed by atoms with van der Waals surface area (Å²) in [4.78, 5) is 0. The molecule has 0 heterocycles. The molecule has 0 radical (unpaired) electrons. The number of benzene rings is 5. The Kier molecular flexibility index (Phi) is 13.6. The average molecular weight is 723 g/mol. The summed E-state index contributed by atoms with van der Waals surface area (Å²) in [5.74, 6) is 0.584. The molecule has 45 heavy (non-hydrogen) atoms. The van der Waals surface area contributed by atoms with Crippen LogP contribution in [0.25, 0.3) is 54.6 Å². The maximum absolute atomic E-state index is 2.34. The molecular weight excluding hydrogens is 683 g/mol. The molecule has 0 saturated carbocycles. The van der Waals surface area contributed by atoms with E-state index < -0.39 is 0 Å². The first kappa shape index (κ1) is 36.7. The van der Waals surface area contributed by atoms with Crippen LogP contribution in [0.5, 0.6) is 0 Å². The zero-order valence-corrected chi connectivity index (χ0v) is 31.9. The van der Waals surface area contributed by atoms with Gasteiger partial charge in [-0.2, -0.15) is 12.1 Å². The maximum Gasteiger partial charge on any atom is -0.0178 e. The fourth-order valence-corrected chi connectivity index (χ4v) is 5.66. The predicted octanol–water partition coefficient (Wildman–Crippen LogP) is 6.14. The zero-order valence-electron chi connectivity index (χ0n) is 27.0. The number of halogens is 2. The van der Waals surface area contributed by atoms with E-state index in [0.29, 0.717) is 5.92 Å². The van der Waals surface area contributed by atoms with E-state index in [1.165, 1.54) is 71.3 Å². The smallest absolute Gasteiger partial charge is 0.0178 e. The van der Waals surface area contributed by atoms with Crippen LogP contribution in [0.4, 0.5) is 0 Å². The second kappa shape index (κ2) is 16.7. The van der Waals surface area contributed by atoms with Crippen molar-refractivity contribution < 1.29 is 48.1 Å². The van der Waals surface area contributed by atoms with E-state index in [0.717, 1.165) is 0 Å². The summed E-state index contributed by atoms with van der Waals surface area (Å²) in [5.41, 5.74) is 9.57. The molecule has 228 valence electrons. The van der Waals surface area contributed by atoms with Crippen molar-refractivity contribution in [3.05, 3.63) is 144 Å². The van der Waals surface area contributed by atoms with Gasteiger partial charge in [-0.25, -0.2) is 0 Å².